The van der Waals surface area contributed by atoms with Gasteiger partial charge in [-0.1, -0.05) is 17.7 Å². The Morgan fingerprint density at radius 1 is 1.10 bits per heavy atom. The van der Waals surface area contributed by atoms with Gasteiger partial charge in [0.15, 0.2) is 6.26 Å². The summed E-state index contributed by atoms with van der Waals surface area (Å²) >= 11 is 0. The monoisotopic (exact) mass is 322 g/mol. The SMILES string of the molecule is Cc1ccc(OCCOOOO/C=C\OP(=O)(O)O)cc1. The minimum Gasteiger partial charge on any atom is -0.491 e. The molecule has 0 saturated carbocycles. The highest BCUT2D eigenvalue weighted by molar-refractivity contribution is 7.46. The van der Waals surface area contributed by atoms with E-state index in [1.807, 2.05) is 31.2 Å². The van der Waals surface area contributed by atoms with E-state index in [4.69, 9.17) is 14.5 Å². The second kappa shape index (κ2) is 9.35. The molecule has 0 saturated heterocycles. The summed E-state index contributed by atoms with van der Waals surface area (Å²) < 4.78 is 19.4. The predicted molar refractivity (Wildman–Crippen MR) is 68.2 cm³/mol. The summed E-state index contributed by atoms with van der Waals surface area (Å²) in [6.07, 6.45) is 1.29. The van der Waals surface area contributed by atoms with Crippen LogP contribution in [0.1, 0.15) is 5.56 Å². The largest absolute Gasteiger partial charge is 0.524 e. The van der Waals surface area contributed by atoms with Crippen LogP contribution in [0, 0.1) is 6.92 Å². The lowest BCUT2D eigenvalue weighted by atomic mass is 10.2. The van der Waals surface area contributed by atoms with Crippen molar-refractivity contribution in [3.63, 3.8) is 0 Å². The third-order valence-electron chi connectivity index (χ3n) is 1.88. The molecule has 0 bridgehead atoms. The summed E-state index contributed by atoms with van der Waals surface area (Å²) in [5.41, 5.74) is 1.13. The normalized spacial score (nSPS) is 11.6. The molecule has 1 aromatic carbocycles. The van der Waals surface area contributed by atoms with Crippen LogP contribution in [0.3, 0.4) is 0 Å². The van der Waals surface area contributed by atoms with Crippen LogP contribution in [0.15, 0.2) is 36.8 Å². The van der Waals surface area contributed by atoms with Crippen molar-refractivity contribution in [2.75, 3.05) is 13.2 Å². The zero-order chi connectivity index (χ0) is 15.6. The topological polar surface area (TPSA) is 113 Å². The van der Waals surface area contributed by atoms with Crippen molar-refractivity contribution >= 4 is 7.82 Å². The van der Waals surface area contributed by atoms with Crippen LogP contribution in [-0.2, 0) is 28.9 Å². The Kier molecular flexibility index (Phi) is 7.76. The van der Waals surface area contributed by atoms with Gasteiger partial charge in [0.25, 0.3) is 0 Å². The molecule has 0 unspecified atom stereocenters. The Hall–Kier alpha value is -1.61. The fourth-order valence-corrected chi connectivity index (χ4v) is 1.26. The van der Waals surface area contributed by atoms with Gasteiger partial charge in [-0.2, -0.15) is 4.89 Å². The van der Waals surface area contributed by atoms with Gasteiger partial charge in [-0.3, -0.25) is 9.79 Å². The van der Waals surface area contributed by atoms with Gasteiger partial charge in [0.1, 0.15) is 25.2 Å². The molecule has 0 atom stereocenters. The zero-order valence-corrected chi connectivity index (χ0v) is 12.0. The van der Waals surface area contributed by atoms with Gasteiger partial charge in [-0.05, 0) is 24.1 Å². The molecule has 118 valence electrons. The summed E-state index contributed by atoms with van der Waals surface area (Å²) in [4.78, 5) is 25.3. The molecule has 21 heavy (non-hydrogen) atoms. The van der Waals surface area contributed by atoms with E-state index in [2.05, 4.69) is 24.4 Å². The first kappa shape index (κ1) is 17.4. The van der Waals surface area contributed by atoms with E-state index in [0.717, 1.165) is 5.56 Å². The molecular weight excluding hydrogens is 307 g/mol. The molecule has 0 radical (unpaired) electrons. The average molecular weight is 322 g/mol. The molecule has 0 aromatic heterocycles. The van der Waals surface area contributed by atoms with E-state index in [0.29, 0.717) is 18.3 Å². The van der Waals surface area contributed by atoms with E-state index < -0.39 is 7.82 Å². The Morgan fingerprint density at radius 2 is 1.81 bits per heavy atom. The van der Waals surface area contributed by atoms with Crippen LogP contribution < -0.4 is 4.74 Å². The van der Waals surface area contributed by atoms with E-state index in [1.165, 1.54) is 0 Å². The summed E-state index contributed by atoms with van der Waals surface area (Å²) in [5.74, 6) is 0.693. The van der Waals surface area contributed by atoms with Crippen LogP contribution in [0.4, 0.5) is 0 Å². The van der Waals surface area contributed by atoms with Crippen molar-refractivity contribution in [2.45, 2.75) is 6.92 Å². The molecule has 2 N–H and O–H groups in total. The van der Waals surface area contributed by atoms with E-state index in [-0.39, 0.29) is 13.2 Å². The summed E-state index contributed by atoms with van der Waals surface area (Å²) in [6, 6.07) is 7.47. The smallest absolute Gasteiger partial charge is 0.491 e. The highest BCUT2D eigenvalue weighted by Gasteiger charge is 2.11. The van der Waals surface area contributed by atoms with Crippen LogP contribution in [0.2, 0.25) is 0 Å². The van der Waals surface area contributed by atoms with E-state index in [1.54, 1.807) is 0 Å². The van der Waals surface area contributed by atoms with Crippen LogP contribution in [0.25, 0.3) is 0 Å². The molecular formula is C11H15O9P. The van der Waals surface area contributed by atoms with Crippen molar-refractivity contribution < 1.29 is 43.5 Å². The fraction of sp³-hybridized carbons (Fsp3) is 0.273. The lowest BCUT2D eigenvalue weighted by Gasteiger charge is -2.05. The Labute approximate surface area is 120 Å². The molecule has 0 aliphatic rings. The quantitative estimate of drug-likeness (QED) is 0.219. The number of rotatable bonds is 10. The zero-order valence-electron chi connectivity index (χ0n) is 11.1. The third kappa shape index (κ3) is 9.85. The molecule has 0 amide bonds. The van der Waals surface area contributed by atoms with Crippen molar-refractivity contribution in [2.24, 2.45) is 0 Å². The molecule has 1 aromatic rings. The maximum absolute atomic E-state index is 10.2. The third-order valence-corrected chi connectivity index (χ3v) is 2.28. The lowest BCUT2D eigenvalue weighted by molar-refractivity contribution is -0.621. The van der Waals surface area contributed by atoms with Gasteiger partial charge in [0.2, 0.25) is 0 Å². The minimum absolute atomic E-state index is 0.0694. The molecule has 1 rings (SSSR count). The maximum Gasteiger partial charge on any atom is 0.524 e. The van der Waals surface area contributed by atoms with Crippen molar-refractivity contribution in [1.29, 1.82) is 0 Å². The highest BCUT2D eigenvalue weighted by atomic mass is 31.2. The number of aryl methyl sites for hydroxylation is 1. The number of phosphoric ester groups is 1. The molecule has 10 heteroatoms. The van der Waals surface area contributed by atoms with Crippen LogP contribution in [-0.4, -0.2) is 23.0 Å². The number of hydrogen-bond acceptors (Lipinski definition) is 7. The number of hydrogen-bond donors (Lipinski definition) is 2. The number of benzene rings is 1. The van der Waals surface area contributed by atoms with Crippen LogP contribution in [0.5, 0.6) is 5.75 Å². The summed E-state index contributed by atoms with van der Waals surface area (Å²) in [5, 5.41) is 8.14. The molecule has 0 heterocycles. The predicted octanol–water partition coefficient (Wildman–Crippen LogP) is 1.77. The Morgan fingerprint density at radius 3 is 2.48 bits per heavy atom. The van der Waals surface area contributed by atoms with Gasteiger partial charge >= 0.3 is 7.82 Å². The van der Waals surface area contributed by atoms with Gasteiger partial charge < -0.3 is 14.1 Å². The van der Waals surface area contributed by atoms with E-state index >= 15 is 0 Å². The second-order valence-corrected chi connectivity index (χ2v) is 4.78. The van der Waals surface area contributed by atoms with Gasteiger partial charge in [0.05, 0.1) is 0 Å². The Balaban J connectivity index is 1.95. The average Bonchev–Trinajstić information content (AvgIpc) is 2.42. The lowest BCUT2D eigenvalue weighted by Crippen LogP contribution is -2.07. The van der Waals surface area contributed by atoms with Crippen molar-refractivity contribution in [3.8, 4) is 5.75 Å². The summed E-state index contributed by atoms with van der Waals surface area (Å²) in [7, 11) is -4.58. The highest BCUT2D eigenvalue weighted by Crippen LogP contribution is 2.35. The minimum atomic E-state index is -4.58. The van der Waals surface area contributed by atoms with E-state index in [9.17, 15) is 4.57 Å². The number of ether oxygens (including phenoxy) is 1. The molecule has 0 aliphatic heterocycles. The fourth-order valence-electron chi connectivity index (χ4n) is 1.05. The molecule has 0 aliphatic carbocycles. The first-order valence-corrected chi connectivity index (χ1v) is 7.20. The maximum atomic E-state index is 10.2. The van der Waals surface area contributed by atoms with Crippen molar-refractivity contribution in [3.05, 3.63) is 42.4 Å². The second-order valence-electron chi connectivity index (χ2n) is 3.58. The van der Waals surface area contributed by atoms with Crippen LogP contribution >= 0.6 is 7.82 Å². The first-order chi connectivity index (χ1) is 9.97. The Bertz CT molecular complexity index is 467. The van der Waals surface area contributed by atoms with Gasteiger partial charge in [0, 0.05) is 5.04 Å². The van der Waals surface area contributed by atoms with Crippen molar-refractivity contribution in [1.82, 2.24) is 0 Å². The number of phosphoric acid groups is 1. The summed E-state index contributed by atoms with van der Waals surface area (Å²) in [6.45, 7) is 2.26. The standard InChI is InChI=1S/C11H15O9P/c1-10-2-4-11(5-3-10)15-6-7-16-19-20-17-8-9-18-21(12,13)14/h2-5,8-9H,6-7H2,1H3,(H2,12,13,14)/b9-8-. The first-order valence-electron chi connectivity index (χ1n) is 5.67. The molecule has 9 nitrogen and oxygen atoms in total. The van der Waals surface area contributed by atoms with Gasteiger partial charge in [-0.15, -0.1) is 0 Å². The molecule has 0 fully saturated rings. The van der Waals surface area contributed by atoms with Gasteiger partial charge in [-0.25, -0.2) is 4.57 Å². The molecule has 0 spiro atoms.